The first-order valence-corrected chi connectivity index (χ1v) is 12.7. The molecule has 6 rings (SSSR count). The van der Waals surface area contributed by atoms with E-state index in [1.807, 2.05) is 61.5 Å². The highest BCUT2D eigenvalue weighted by atomic mass is 35.5. The van der Waals surface area contributed by atoms with Crippen molar-refractivity contribution < 1.29 is 23.8 Å². The van der Waals surface area contributed by atoms with Crippen molar-refractivity contribution >= 4 is 39.9 Å². The predicted molar refractivity (Wildman–Crippen MR) is 150 cm³/mol. The molecule has 1 unspecified atom stereocenters. The summed E-state index contributed by atoms with van der Waals surface area (Å²) in [6.07, 6.45) is 0. The second-order valence-electron chi connectivity index (χ2n) is 9.29. The fraction of sp³-hybridized carbons (Fsp3) is 0.0625. The Morgan fingerprint density at radius 2 is 1.64 bits per heavy atom. The van der Waals surface area contributed by atoms with Gasteiger partial charge in [-0.3, -0.25) is 14.5 Å². The Labute approximate surface area is 229 Å². The SMILES string of the molecule is Cc1cccc(C2C(C(=O)c3cc4cc(Cl)ccc4o3)=C(O)C(=O)N2c2ccc(Oc3ccccc3)cc2)c1. The zero-order valence-electron chi connectivity index (χ0n) is 20.8. The van der Waals surface area contributed by atoms with E-state index in [4.69, 9.17) is 20.8 Å². The molecule has 1 N–H and O–H groups in total. The maximum atomic E-state index is 13.8. The summed E-state index contributed by atoms with van der Waals surface area (Å²) in [5, 5.41) is 12.2. The number of nitrogens with zero attached hydrogens (tertiary/aromatic N) is 1. The first-order valence-electron chi connectivity index (χ1n) is 12.3. The maximum absolute atomic E-state index is 13.8. The largest absolute Gasteiger partial charge is 0.503 e. The smallest absolute Gasteiger partial charge is 0.294 e. The molecule has 1 aliphatic rings. The van der Waals surface area contributed by atoms with Crippen LogP contribution in [0.25, 0.3) is 11.0 Å². The number of aryl methyl sites for hydroxylation is 1. The first kappa shape index (κ1) is 24.5. The van der Waals surface area contributed by atoms with Crippen molar-refractivity contribution in [1.29, 1.82) is 0 Å². The number of benzene rings is 4. The van der Waals surface area contributed by atoms with Crippen LogP contribution in [0.3, 0.4) is 0 Å². The second-order valence-corrected chi connectivity index (χ2v) is 9.72. The van der Waals surface area contributed by atoms with Crippen molar-refractivity contribution in [3.63, 3.8) is 0 Å². The fourth-order valence-corrected chi connectivity index (χ4v) is 5.00. The number of ketones is 1. The molecule has 0 spiro atoms. The van der Waals surface area contributed by atoms with E-state index in [1.165, 1.54) is 4.90 Å². The number of Topliss-reactive ketones (excluding diaryl/α,β-unsaturated/α-hetero) is 1. The van der Waals surface area contributed by atoms with Crippen LogP contribution in [0.1, 0.15) is 27.7 Å². The van der Waals surface area contributed by atoms with Gasteiger partial charge in [0.1, 0.15) is 17.1 Å². The minimum Gasteiger partial charge on any atom is -0.503 e. The van der Waals surface area contributed by atoms with Gasteiger partial charge in [-0.25, -0.2) is 0 Å². The molecule has 6 nitrogen and oxygen atoms in total. The number of fused-ring (bicyclic) bond motifs is 1. The average Bonchev–Trinajstić information content (AvgIpc) is 3.48. The van der Waals surface area contributed by atoms with Gasteiger partial charge in [-0.15, -0.1) is 0 Å². The van der Waals surface area contributed by atoms with Gasteiger partial charge in [-0.2, -0.15) is 0 Å². The molecule has 0 radical (unpaired) electrons. The molecule has 0 bridgehead atoms. The summed E-state index contributed by atoms with van der Waals surface area (Å²) in [4.78, 5) is 28.7. The summed E-state index contributed by atoms with van der Waals surface area (Å²) in [5.74, 6) is -0.605. The molecule has 7 heteroatoms. The molecule has 0 aliphatic carbocycles. The lowest BCUT2D eigenvalue weighted by Crippen LogP contribution is -2.31. The minimum atomic E-state index is -0.873. The van der Waals surface area contributed by atoms with Crippen molar-refractivity contribution in [1.82, 2.24) is 0 Å². The molecule has 1 aromatic heterocycles. The summed E-state index contributed by atoms with van der Waals surface area (Å²) in [5.41, 5.74) is 2.55. The van der Waals surface area contributed by atoms with Crippen LogP contribution in [0.5, 0.6) is 11.5 Å². The molecule has 192 valence electrons. The number of furan rings is 1. The van der Waals surface area contributed by atoms with Crippen LogP contribution in [0.2, 0.25) is 5.02 Å². The molecule has 1 aliphatic heterocycles. The van der Waals surface area contributed by atoms with Gasteiger partial charge in [0.25, 0.3) is 5.91 Å². The van der Waals surface area contributed by atoms with E-state index in [2.05, 4.69) is 0 Å². The molecule has 0 saturated heterocycles. The van der Waals surface area contributed by atoms with E-state index in [9.17, 15) is 14.7 Å². The highest BCUT2D eigenvalue weighted by Gasteiger charge is 2.45. The zero-order chi connectivity index (χ0) is 27.1. The predicted octanol–water partition coefficient (Wildman–Crippen LogP) is 7.97. The van der Waals surface area contributed by atoms with Gasteiger partial charge in [-0.05, 0) is 73.2 Å². The number of rotatable bonds is 6. The number of aliphatic hydroxyl groups excluding tert-OH is 1. The summed E-state index contributed by atoms with van der Waals surface area (Å²) in [6, 6.07) is 29.5. The molecule has 0 fully saturated rings. The number of carbonyl (C=O) groups is 2. The Balaban J connectivity index is 1.40. The number of para-hydroxylation sites is 1. The van der Waals surface area contributed by atoms with Crippen molar-refractivity contribution in [3.8, 4) is 11.5 Å². The Hall–Kier alpha value is -4.81. The number of ether oxygens (including phenoxy) is 1. The topological polar surface area (TPSA) is 80.0 Å². The molecule has 4 aromatic carbocycles. The van der Waals surface area contributed by atoms with E-state index < -0.39 is 23.5 Å². The van der Waals surface area contributed by atoms with E-state index >= 15 is 0 Å². The van der Waals surface area contributed by atoms with Gasteiger partial charge in [0.15, 0.2) is 11.5 Å². The Morgan fingerprint density at radius 1 is 0.897 bits per heavy atom. The van der Waals surface area contributed by atoms with Crippen LogP contribution in [-0.4, -0.2) is 16.8 Å². The number of hydrogen-bond donors (Lipinski definition) is 1. The number of halogens is 1. The molecule has 39 heavy (non-hydrogen) atoms. The summed E-state index contributed by atoms with van der Waals surface area (Å²) in [7, 11) is 0. The van der Waals surface area contributed by atoms with E-state index in [0.717, 1.165) is 5.56 Å². The van der Waals surface area contributed by atoms with Crippen molar-refractivity contribution in [2.24, 2.45) is 0 Å². The van der Waals surface area contributed by atoms with Crippen LogP contribution in [0, 0.1) is 6.92 Å². The summed E-state index contributed by atoms with van der Waals surface area (Å²) in [6.45, 7) is 1.92. The van der Waals surface area contributed by atoms with E-state index in [1.54, 1.807) is 48.5 Å². The molecular formula is C32H22ClNO5. The maximum Gasteiger partial charge on any atom is 0.294 e. The van der Waals surface area contributed by atoms with Gasteiger partial charge in [-0.1, -0.05) is 59.6 Å². The standard InChI is InChI=1S/C32H22ClNO5/c1-19-6-5-7-20(16-19)29-28(30(35)27-18-21-17-22(33)10-15-26(21)39-27)31(36)32(37)34(29)23-11-13-25(14-12-23)38-24-8-3-2-4-9-24/h2-18,29,36H,1H3. The lowest BCUT2D eigenvalue weighted by Gasteiger charge is -2.27. The number of amides is 1. The number of aliphatic hydroxyl groups is 1. The van der Waals surface area contributed by atoms with Crippen molar-refractivity contribution in [3.05, 3.63) is 136 Å². The van der Waals surface area contributed by atoms with Crippen LogP contribution in [-0.2, 0) is 4.79 Å². The number of carbonyl (C=O) groups excluding carboxylic acids is 2. The normalized spacial score (nSPS) is 15.3. The van der Waals surface area contributed by atoms with Gasteiger partial charge in [0, 0.05) is 16.1 Å². The summed E-state index contributed by atoms with van der Waals surface area (Å²) < 4.78 is 11.7. The summed E-state index contributed by atoms with van der Waals surface area (Å²) >= 11 is 6.10. The van der Waals surface area contributed by atoms with Crippen molar-refractivity contribution in [2.75, 3.05) is 4.90 Å². The lowest BCUT2D eigenvalue weighted by molar-refractivity contribution is -0.117. The molecule has 1 amide bonds. The monoisotopic (exact) mass is 535 g/mol. The molecular weight excluding hydrogens is 514 g/mol. The minimum absolute atomic E-state index is 0.00716. The van der Waals surface area contributed by atoms with Crippen LogP contribution in [0.4, 0.5) is 5.69 Å². The van der Waals surface area contributed by atoms with Gasteiger partial charge < -0.3 is 14.3 Å². The van der Waals surface area contributed by atoms with Gasteiger partial charge >= 0.3 is 0 Å². The van der Waals surface area contributed by atoms with Gasteiger partial charge in [0.2, 0.25) is 5.78 Å². The molecule has 1 atom stereocenters. The van der Waals surface area contributed by atoms with E-state index in [-0.39, 0.29) is 11.3 Å². The highest BCUT2D eigenvalue weighted by molar-refractivity contribution is 6.31. The molecule has 5 aromatic rings. The van der Waals surface area contributed by atoms with Crippen LogP contribution < -0.4 is 9.64 Å². The Morgan fingerprint density at radius 3 is 2.38 bits per heavy atom. The third kappa shape index (κ3) is 4.56. The van der Waals surface area contributed by atoms with Crippen LogP contribution >= 0.6 is 11.6 Å². The van der Waals surface area contributed by atoms with Gasteiger partial charge in [0.05, 0.1) is 11.6 Å². The highest BCUT2D eigenvalue weighted by Crippen LogP contribution is 2.43. The number of hydrogen-bond acceptors (Lipinski definition) is 5. The Kier molecular flexibility index (Phi) is 6.17. The third-order valence-corrected chi connectivity index (χ3v) is 6.84. The number of anilines is 1. The quantitative estimate of drug-likeness (QED) is 0.223. The fourth-order valence-electron chi connectivity index (χ4n) is 4.82. The van der Waals surface area contributed by atoms with Crippen LogP contribution in [0.15, 0.2) is 119 Å². The lowest BCUT2D eigenvalue weighted by atomic mass is 9.94. The molecule has 0 saturated carbocycles. The van der Waals surface area contributed by atoms with E-state index in [0.29, 0.717) is 38.7 Å². The third-order valence-electron chi connectivity index (χ3n) is 6.61. The molecule has 2 heterocycles. The Bertz CT molecular complexity index is 1750. The first-order chi connectivity index (χ1) is 18.9. The van der Waals surface area contributed by atoms with Crippen molar-refractivity contribution in [2.45, 2.75) is 13.0 Å². The zero-order valence-corrected chi connectivity index (χ0v) is 21.6. The average molecular weight is 536 g/mol. The second kappa shape index (κ2) is 9.82.